The van der Waals surface area contributed by atoms with Crippen molar-refractivity contribution in [3.05, 3.63) is 34.9 Å². The molecule has 2 aliphatic rings. The largest absolute Gasteiger partial charge is 0.292 e. The Morgan fingerprint density at radius 1 is 1.15 bits per heavy atom. The van der Waals surface area contributed by atoms with Crippen LogP contribution in [0.25, 0.3) is 0 Å². The molecule has 0 aliphatic carbocycles. The van der Waals surface area contributed by atoms with Crippen LogP contribution >= 0.6 is 0 Å². The van der Waals surface area contributed by atoms with Crippen LogP contribution in [0.15, 0.2) is 18.2 Å². The van der Waals surface area contributed by atoms with Crippen LogP contribution in [0.3, 0.4) is 0 Å². The summed E-state index contributed by atoms with van der Waals surface area (Å²) < 4.78 is 0. The minimum absolute atomic E-state index is 0.722. The SMILES string of the molecule is Cc1ccc2c(c1)C1CCC2N1C. The highest BCUT2D eigenvalue weighted by Gasteiger charge is 2.41. The van der Waals surface area contributed by atoms with Gasteiger partial charge in [-0.3, -0.25) is 4.90 Å². The van der Waals surface area contributed by atoms with Crippen LogP contribution in [0.5, 0.6) is 0 Å². The number of rotatable bonds is 0. The van der Waals surface area contributed by atoms with E-state index >= 15 is 0 Å². The third-order valence-electron chi connectivity index (χ3n) is 3.66. The molecule has 0 spiro atoms. The molecule has 1 aromatic carbocycles. The maximum Gasteiger partial charge on any atom is 0.0355 e. The molecule has 2 bridgehead atoms. The molecule has 0 aromatic heterocycles. The Hall–Kier alpha value is -0.820. The quantitative estimate of drug-likeness (QED) is 0.583. The second-order valence-corrected chi connectivity index (χ2v) is 4.41. The van der Waals surface area contributed by atoms with E-state index in [0.29, 0.717) is 0 Å². The predicted octanol–water partition coefficient (Wildman–Crippen LogP) is 2.82. The zero-order valence-electron chi connectivity index (χ0n) is 8.25. The molecule has 2 aliphatic heterocycles. The van der Waals surface area contributed by atoms with Crippen molar-refractivity contribution in [2.45, 2.75) is 31.8 Å². The molecular weight excluding hydrogens is 158 g/mol. The topological polar surface area (TPSA) is 3.24 Å². The van der Waals surface area contributed by atoms with Crippen molar-refractivity contribution < 1.29 is 0 Å². The number of hydrogen-bond donors (Lipinski definition) is 0. The summed E-state index contributed by atoms with van der Waals surface area (Å²) in [7, 11) is 2.26. The molecule has 68 valence electrons. The molecule has 0 saturated carbocycles. The van der Waals surface area contributed by atoms with Crippen molar-refractivity contribution in [1.29, 1.82) is 0 Å². The van der Waals surface area contributed by atoms with Crippen LogP contribution in [-0.4, -0.2) is 11.9 Å². The fraction of sp³-hybridized carbons (Fsp3) is 0.500. The van der Waals surface area contributed by atoms with Crippen molar-refractivity contribution in [1.82, 2.24) is 4.90 Å². The maximum absolute atomic E-state index is 2.53. The highest BCUT2D eigenvalue weighted by molar-refractivity contribution is 5.42. The second-order valence-electron chi connectivity index (χ2n) is 4.41. The average molecular weight is 173 g/mol. The summed E-state index contributed by atoms with van der Waals surface area (Å²) in [6.07, 6.45) is 2.72. The predicted molar refractivity (Wildman–Crippen MR) is 53.7 cm³/mol. The maximum atomic E-state index is 2.53. The lowest BCUT2D eigenvalue weighted by Gasteiger charge is -2.13. The number of aryl methyl sites for hydroxylation is 1. The molecule has 1 saturated heterocycles. The molecule has 2 heterocycles. The van der Waals surface area contributed by atoms with Crippen LogP contribution < -0.4 is 0 Å². The summed E-state index contributed by atoms with van der Waals surface area (Å²) in [5, 5.41) is 0. The van der Waals surface area contributed by atoms with E-state index in [2.05, 4.69) is 37.1 Å². The lowest BCUT2D eigenvalue weighted by atomic mass is 9.91. The second kappa shape index (κ2) is 2.36. The van der Waals surface area contributed by atoms with Gasteiger partial charge in [0.2, 0.25) is 0 Å². The summed E-state index contributed by atoms with van der Waals surface area (Å²) in [5.74, 6) is 0. The standard InChI is InChI=1S/C12H15N/c1-8-3-4-9-10(7-8)12-6-5-11(9)13(12)2/h3-4,7,11-12H,5-6H2,1-2H3. The summed E-state index contributed by atoms with van der Waals surface area (Å²) in [4.78, 5) is 2.53. The van der Waals surface area contributed by atoms with Gasteiger partial charge in [0.25, 0.3) is 0 Å². The van der Waals surface area contributed by atoms with Gasteiger partial charge in [0.05, 0.1) is 0 Å². The molecule has 1 aromatic rings. The monoisotopic (exact) mass is 173 g/mol. The van der Waals surface area contributed by atoms with Crippen molar-refractivity contribution in [2.24, 2.45) is 0 Å². The van der Waals surface area contributed by atoms with Crippen LogP contribution in [-0.2, 0) is 0 Å². The Morgan fingerprint density at radius 2 is 1.85 bits per heavy atom. The molecule has 3 rings (SSSR count). The number of nitrogens with zero attached hydrogens (tertiary/aromatic N) is 1. The normalized spacial score (nSPS) is 30.9. The third-order valence-corrected chi connectivity index (χ3v) is 3.66. The van der Waals surface area contributed by atoms with Crippen molar-refractivity contribution in [3.63, 3.8) is 0 Å². The zero-order valence-corrected chi connectivity index (χ0v) is 8.25. The highest BCUT2D eigenvalue weighted by Crippen LogP contribution is 2.51. The summed E-state index contributed by atoms with van der Waals surface area (Å²) in [6, 6.07) is 8.38. The molecule has 1 fully saturated rings. The first kappa shape index (κ1) is 7.57. The van der Waals surface area contributed by atoms with Gasteiger partial charge >= 0.3 is 0 Å². The van der Waals surface area contributed by atoms with E-state index in [9.17, 15) is 0 Å². The van der Waals surface area contributed by atoms with Crippen LogP contribution in [0.2, 0.25) is 0 Å². The van der Waals surface area contributed by atoms with E-state index in [4.69, 9.17) is 0 Å². The molecule has 1 heteroatoms. The third kappa shape index (κ3) is 0.856. The molecular formula is C12H15N. The Kier molecular flexibility index (Phi) is 1.37. The van der Waals surface area contributed by atoms with E-state index < -0.39 is 0 Å². The Bertz CT molecular complexity index is 356. The molecule has 2 unspecified atom stereocenters. The fourth-order valence-corrected chi connectivity index (χ4v) is 2.98. The van der Waals surface area contributed by atoms with Gasteiger partial charge in [0, 0.05) is 12.1 Å². The molecule has 0 radical (unpaired) electrons. The van der Waals surface area contributed by atoms with Gasteiger partial charge in [0.15, 0.2) is 0 Å². The van der Waals surface area contributed by atoms with Gasteiger partial charge in [-0.1, -0.05) is 23.8 Å². The first-order valence-electron chi connectivity index (χ1n) is 5.10. The first-order valence-corrected chi connectivity index (χ1v) is 5.10. The van der Waals surface area contributed by atoms with E-state index in [0.717, 1.165) is 12.1 Å². The Balaban J connectivity index is 2.19. The Morgan fingerprint density at radius 3 is 2.62 bits per heavy atom. The first-order chi connectivity index (χ1) is 6.27. The number of hydrogen-bond acceptors (Lipinski definition) is 1. The molecule has 2 atom stereocenters. The van der Waals surface area contributed by atoms with Gasteiger partial charge in [-0.2, -0.15) is 0 Å². The minimum atomic E-state index is 0.722. The Labute approximate surface area is 79.4 Å². The van der Waals surface area contributed by atoms with Gasteiger partial charge < -0.3 is 0 Å². The summed E-state index contributed by atoms with van der Waals surface area (Å²) >= 11 is 0. The van der Waals surface area contributed by atoms with Crippen molar-refractivity contribution >= 4 is 0 Å². The zero-order chi connectivity index (χ0) is 9.00. The lowest BCUT2D eigenvalue weighted by molar-refractivity contribution is 0.280. The summed E-state index contributed by atoms with van der Waals surface area (Å²) in [6.45, 7) is 2.19. The van der Waals surface area contributed by atoms with Crippen LogP contribution in [0.4, 0.5) is 0 Å². The lowest BCUT2D eigenvalue weighted by Crippen LogP contribution is -2.12. The number of fused-ring (bicyclic) bond motifs is 5. The molecule has 0 amide bonds. The van der Waals surface area contributed by atoms with Crippen LogP contribution in [0.1, 0.15) is 41.6 Å². The smallest absolute Gasteiger partial charge is 0.0355 e. The van der Waals surface area contributed by atoms with E-state index in [1.165, 1.54) is 18.4 Å². The summed E-state index contributed by atoms with van der Waals surface area (Å²) in [5.41, 5.74) is 4.59. The van der Waals surface area contributed by atoms with E-state index in [1.54, 1.807) is 11.1 Å². The highest BCUT2D eigenvalue weighted by atomic mass is 15.2. The fourth-order valence-electron chi connectivity index (χ4n) is 2.98. The van der Waals surface area contributed by atoms with Gasteiger partial charge in [-0.25, -0.2) is 0 Å². The average Bonchev–Trinajstić information content (AvgIpc) is 2.59. The molecule has 13 heavy (non-hydrogen) atoms. The number of benzene rings is 1. The molecule has 1 nitrogen and oxygen atoms in total. The minimum Gasteiger partial charge on any atom is -0.292 e. The van der Waals surface area contributed by atoms with Gasteiger partial charge in [-0.15, -0.1) is 0 Å². The van der Waals surface area contributed by atoms with Crippen LogP contribution in [0, 0.1) is 6.92 Å². The van der Waals surface area contributed by atoms with Crippen molar-refractivity contribution in [2.75, 3.05) is 7.05 Å². The van der Waals surface area contributed by atoms with Crippen molar-refractivity contribution in [3.8, 4) is 0 Å². The van der Waals surface area contributed by atoms with E-state index in [1.807, 2.05) is 0 Å². The molecule has 0 N–H and O–H groups in total. The van der Waals surface area contributed by atoms with E-state index in [-0.39, 0.29) is 0 Å². The van der Waals surface area contributed by atoms with Gasteiger partial charge in [0.1, 0.15) is 0 Å². The van der Waals surface area contributed by atoms with Gasteiger partial charge in [-0.05, 0) is 37.9 Å².